The number of nitrogens with one attached hydrogen (secondary N) is 1. The number of halogens is 3. The van der Waals surface area contributed by atoms with Crippen molar-refractivity contribution in [3.8, 4) is 11.1 Å². The summed E-state index contributed by atoms with van der Waals surface area (Å²) in [7, 11) is 0. The van der Waals surface area contributed by atoms with Gasteiger partial charge in [0.15, 0.2) is 0 Å². The highest BCUT2D eigenvalue weighted by Gasteiger charge is 2.34. The predicted octanol–water partition coefficient (Wildman–Crippen LogP) is 5.78. The highest BCUT2D eigenvalue weighted by atomic mass is 19.4. The maximum Gasteiger partial charge on any atom is 0.416 e. The molecule has 1 atom stereocenters. The molecule has 0 radical (unpaired) electrons. The number of aliphatic hydroxyl groups is 1. The van der Waals surface area contributed by atoms with E-state index < -0.39 is 29.9 Å². The van der Waals surface area contributed by atoms with Gasteiger partial charge in [0.25, 0.3) is 0 Å². The molecule has 34 heavy (non-hydrogen) atoms. The molecule has 3 rings (SSSR count). The summed E-state index contributed by atoms with van der Waals surface area (Å²) in [5.41, 5.74) is 1.79. The van der Waals surface area contributed by atoms with Crippen molar-refractivity contribution in [3.05, 3.63) is 94.5 Å². The van der Waals surface area contributed by atoms with Crippen LogP contribution < -0.4 is 5.32 Å². The molecule has 0 heterocycles. The molecule has 0 fully saturated rings. The second-order valence-electron chi connectivity index (χ2n) is 8.29. The Balaban J connectivity index is 1.95. The summed E-state index contributed by atoms with van der Waals surface area (Å²) in [5, 5.41) is 21.4. The van der Waals surface area contributed by atoms with Crippen molar-refractivity contribution < 1.29 is 28.2 Å². The van der Waals surface area contributed by atoms with Crippen molar-refractivity contribution in [2.45, 2.75) is 32.1 Å². The van der Waals surface area contributed by atoms with Crippen molar-refractivity contribution in [1.82, 2.24) is 5.32 Å². The number of carbonyl (C=O) groups is 1. The lowest BCUT2D eigenvalue weighted by Crippen LogP contribution is -2.52. The van der Waals surface area contributed by atoms with Gasteiger partial charge >= 0.3 is 12.1 Å². The predicted molar refractivity (Wildman–Crippen MR) is 127 cm³/mol. The molecular formula is C27H26F3NO3. The smallest absolute Gasteiger partial charge is 0.416 e. The highest BCUT2D eigenvalue weighted by Crippen LogP contribution is 2.34. The van der Waals surface area contributed by atoms with E-state index in [-0.39, 0.29) is 12.1 Å². The van der Waals surface area contributed by atoms with Crippen molar-refractivity contribution in [1.29, 1.82) is 0 Å². The average molecular weight is 470 g/mol. The van der Waals surface area contributed by atoms with Crippen LogP contribution in [0.2, 0.25) is 0 Å². The zero-order chi connectivity index (χ0) is 24.9. The first kappa shape index (κ1) is 25.2. The zero-order valence-corrected chi connectivity index (χ0v) is 18.9. The molecule has 0 aliphatic rings. The molecular weight excluding hydrogens is 443 g/mol. The van der Waals surface area contributed by atoms with Gasteiger partial charge in [0.1, 0.15) is 5.54 Å². The molecule has 0 bridgehead atoms. The van der Waals surface area contributed by atoms with E-state index in [1.807, 2.05) is 55.5 Å². The van der Waals surface area contributed by atoms with E-state index in [9.17, 15) is 28.2 Å². The summed E-state index contributed by atoms with van der Waals surface area (Å²) in [6.45, 7) is 2.55. The molecule has 0 aliphatic carbocycles. The first-order chi connectivity index (χ1) is 16.0. The van der Waals surface area contributed by atoms with Gasteiger partial charge in [-0.1, -0.05) is 66.7 Å². The van der Waals surface area contributed by atoms with Crippen LogP contribution in [0.3, 0.4) is 0 Å². The van der Waals surface area contributed by atoms with E-state index >= 15 is 0 Å². The van der Waals surface area contributed by atoms with E-state index in [2.05, 4.69) is 5.32 Å². The Labute approximate surface area is 196 Å². The minimum absolute atomic E-state index is 0.0230. The molecule has 0 unspecified atom stereocenters. The van der Waals surface area contributed by atoms with Crippen LogP contribution in [-0.4, -0.2) is 28.3 Å². The van der Waals surface area contributed by atoms with E-state index in [0.717, 1.165) is 28.3 Å². The highest BCUT2D eigenvalue weighted by molar-refractivity contribution is 5.79. The van der Waals surface area contributed by atoms with Crippen LogP contribution in [0.15, 0.2) is 66.7 Å². The van der Waals surface area contributed by atoms with Crippen molar-refractivity contribution in [3.63, 3.8) is 0 Å². The van der Waals surface area contributed by atoms with Crippen LogP contribution in [0, 0.1) is 6.92 Å². The number of hydrogen-bond acceptors (Lipinski definition) is 3. The summed E-state index contributed by atoms with van der Waals surface area (Å²) in [4.78, 5) is 11.4. The molecule has 0 spiro atoms. The van der Waals surface area contributed by atoms with E-state index in [1.54, 1.807) is 6.08 Å². The minimum Gasteiger partial charge on any atom is -0.480 e. The molecule has 0 amide bonds. The maximum absolute atomic E-state index is 13.6. The number of rotatable bonds is 8. The minimum atomic E-state index is -4.55. The molecule has 0 aromatic heterocycles. The van der Waals surface area contributed by atoms with Gasteiger partial charge in [0, 0.05) is 6.54 Å². The van der Waals surface area contributed by atoms with Gasteiger partial charge in [-0.15, -0.1) is 0 Å². The van der Waals surface area contributed by atoms with Crippen LogP contribution in [0.1, 0.15) is 34.7 Å². The van der Waals surface area contributed by atoms with Crippen molar-refractivity contribution in [2.24, 2.45) is 0 Å². The Morgan fingerprint density at radius 2 is 1.65 bits per heavy atom. The first-order valence-electron chi connectivity index (χ1n) is 10.7. The SMILES string of the molecule is Cc1c(C=Cc2cc(CN[C@@](C)(CO)C(=O)O)ccc2C(F)(F)F)cccc1-c1ccccc1. The lowest BCUT2D eigenvalue weighted by molar-refractivity contribution is -0.146. The molecule has 0 saturated heterocycles. The fraction of sp³-hybridized carbons (Fsp3) is 0.222. The van der Waals surface area contributed by atoms with E-state index in [4.69, 9.17) is 0 Å². The third kappa shape index (κ3) is 5.73. The molecule has 0 aliphatic heterocycles. The zero-order valence-electron chi connectivity index (χ0n) is 18.9. The van der Waals surface area contributed by atoms with Gasteiger partial charge in [-0.3, -0.25) is 10.1 Å². The third-order valence-electron chi connectivity index (χ3n) is 5.80. The van der Waals surface area contributed by atoms with Gasteiger partial charge in [0.05, 0.1) is 12.2 Å². The van der Waals surface area contributed by atoms with Gasteiger partial charge in [-0.05, 0) is 59.4 Å². The topological polar surface area (TPSA) is 69.6 Å². The molecule has 7 heteroatoms. The number of hydrogen-bond donors (Lipinski definition) is 3. The lowest BCUT2D eigenvalue weighted by Gasteiger charge is -2.24. The number of alkyl halides is 3. The Kier molecular flexibility index (Phi) is 7.59. The van der Waals surface area contributed by atoms with Crippen LogP contribution >= 0.6 is 0 Å². The average Bonchev–Trinajstić information content (AvgIpc) is 2.81. The quantitative estimate of drug-likeness (QED) is 0.366. The van der Waals surface area contributed by atoms with Crippen LogP contribution in [0.4, 0.5) is 13.2 Å². The number of benzene rings is 3. The summed E-state index contributed by atoms with van der Waals surface area (Å²) in [6.07, 6.45) is -1.47. The maximum atomic E-state index is 13.6. The molecule has 3 aromatic carbocycles. The number of carboxylic acid groups (broad SMARTS) is 1. The molecule has 178 valence electrons. The summed E-state index contributed by atoms with van der Waals surface area (Å²) < 4.78 is 40.9. The monoisotopic (exact) mass is 469 g/mol. The number of carboxylic acids is 1. The van der Waals surface area contributed by atoms with Gasteiger partial charge in [0.2, 0.25) is 0 Å². The Hall–Kier alpha value is -3.42. The van der Waals surface area contributed by atoms with Gasteiger partial charge in [-0.2, -0.15) is 13.2 Å². The van der Waals surface area contributed by atoms with Crippen molar-refractivity contribution >= 4 is 18.1 Å². The second kappa shape index (κ2) is 10.2. The van der Waals surface area contributed by atoms with Crippen LogP contribution in [-0.2, 0) is 17.5 Å². The Morgan fingerprint density at radius 3 is 2.26 bits per heavy atom. The standard InChI is InChI=1S/C27H26F3NO3/c1-18-20(9-6-10-23(18)21-7-4-3-5-8-21)12-13-22-15-19(11-14-24(22)27(28,29)30)16-31-26(2,17-32)25(33)34/h3-15,31-32H,16-17H2,1-2H3,(H,33,34)/t26-/m0/s1. The van der Waals surface area contributed by atoms with Gasteiger partial charge < -0.3 is 10.2 Å². The molecule has 3 aromatic rings. The lowest BCUT2D eigenvalue weighted by atomic mass is 9.95. The Morgan fingerprint density at radius 1 is 0.971 bits per heavy atom. The van der Waals surface area contributed by atoms with E-state index in [1.165, 1.54) is 25.1 Å². The summed E-state index contributed by atoms with van der Waals surface area (Å²) in [6, 6.07) is 19.1. The molecule has 0 saturated carbocycles. The Bertz CT molecular complexity index is 1190. The second-order valence-corrected chi connectivity index (χ2v) is 8.29. The fourth-order valence-electron chi connectivity index (χ4n) is 3.56. The third-order valence-corrected chi connectivity index (χ3v) is 5.80. The molecule has 3 N–H and O–H groups in total. The van der Waals surface area contributed by atoms with Crippen LogP contribution in [0.5, 0.6) is 0 Å². The first-order valence-corrected chi connectivity index (χ1v) is 10.7. The van der Waals surface area contributed by atoms with Crippen LogP contribution in [0.25, 0.3) is 23.3 Å². The number of aliphatic carboxylic acids is 1. The normalized spacial score (nSPS) is 13.7. The van der Waals surface area contributed by atoms with E-state index in [0.29, 0.717) is 5.56 Å². The fourth-order valence-corrected chi connectivity index (χ4v) is 3.56. The molecule has 4 nitrogen and oxygen atoms in total. The largest absolute Gasteiger partial charge is 0.480 e. The summed E-state index contributed by atoms with van der Waals surface area (Å²) in [5.74, 6) is -1.25. The summed E-state index contributed by atoms with van der Waals surface area (Å²) >= 11 is 0. The van der Waals surface area contributed by atoms with Crippen molar-refractivity contribution in [2.75, 3.05) is 6.61 Å². The number of aliphatic hydroxyl groups excluding tert-OH is 1. The van der Waals surface area contributed by atoms with Gasteiger partial charge in [-0.25, -0.2) is 0 Å².